The molecule has 3 heteroatoms. The first-order valence-corrected chi connectivity index (χ1v) is 9.30. The maximum absolute atomic E-state index is 13.7. The van der Waals surface area contributed by atoms with Crippen LogP contribution in [0.25, 0.3) is 22.4 Å². The minimum absolute atomic E-state index is 0.169. The summed E-state index contributed by atoms with van der Waals surface area (Å²) in [5.74, 6) is 0.371. The highest BCUT2D eigenvalue weighted by Crippen LogP contribution is 2.24. The molecule has 0 aliphatic carbocycles. The number of nitrogens with zero attached hydrogens (tertiary/aromatic N) is 1. The fraction of sp³-hybridized carbons (Fsp3) is 0.0385. The van der Waals surface area contributed by atoms with Crippen molar-refractivity contribution in [2.45, 2.75) is 6.61 Å². The molecule has 0 unspecified atom stereocenters. The lowest BCUT2D eigenvalue weighted by Gasteiger charge is -2.07. The fourth-order valence-electron chi connectivity index (χ4n) is 3.14. The van der Waals surface area contributed by atoms with Gasteiger partial charge < -0.3 is 4.74 Å². The molecule has 0 amide bonds. The summed E-state index contributed by atoms with van der Waals surface area (Å²) in [6, 6.07) is 30.3. The summed E-state index contributed by atoms with van der Waals surface area (Å²) in [4.78, 5) is 0. The Hall–Kier alpha value is -3.90. The molecule has 4 rings (SSSR count). The summed E-state index contributed by atoms with van der Waals surface area (Å²) in [6.45, 7) is 0.169. The van der Waals surface area contributed by atoms with Crippen molar-refractivity contribution in [3.63, 3.8) is 0 Å². The Balaban J connectivity index is 1.52. The summed E-state index contributed by atoms with van der Waals surface area (Å²) >= 11 is 0. The van der Waals surface area contributed by atoms with Crippen LogP contribution in [-0.4, -0.2) is 0 Å². The molecule has 0 aliphatic heterocycles. The van der Waals surface area contributed by atoms with E-state index in [0.717, 1.165) is 21.9 Å². The lowest BCUT2D eigenvalue weighted by Crippen LogP contribution is -1.98. The molecule has 0 heterocycles. The van der Waals surface area contributed by atoms with Crippen LogP contribution in [0.2, 0.25) is 0 Å². The van der Waals surface area contributed by atoms with Gasteiger partial charge >= 0.3 is 0 Å². The van der Waals surface area contributed by atoms with Crippen molar-refractivity contribution in [2.24, 2.45) is 0 Å². The maximum atomic E-state index is 13.7. The molecule has 0 atom stereocenters. The molecule has 0 saturated carbocycles. The number of hydrogen-bond acceptors (Lipinski definition) is 2. The molecule has 0 N–H and O–H groups in total. The zero-order valence-corrected chi connectivity index (χ0v) is 15.7. The molecule has 0 aromatic heterocycles. The largest absolute Gasteiger partial charge is 0.489 e. The zero-order chi connectivity index (χ0) is 20.1. The van der Waals surface area contributed by atoms with Crippen molar-refractivity contribution in [3.05, 3.63) is 114 Å². The van der Waals surface area contributed by atoms with Crippen LogP contribution in [-0.2, 0) is 6.61 Å². The highest BCUT2D eigenvalue weighted by atomic mass is 19.1. The van der Waals surface area contributed by atoms with Gasteiger partial charge in [0.2, 0.25) is 0 Å². The minimum atomic E-state index is -0.277. The average molecular weight is 379 g/mol. The standard InChI is InChI=1S/C26H18FNO/c27-26-8-4-3-7-23(26)18-29-25-13-9-19(10-14-25)15-24(17-28)22-12-11-20-5-1-2-6-21(20)16-22/h1-16H,18H2/b24-15-. The van der Waals surface area contributed by atoms with E-state index in [4.69, 9.17) is 4.74 Å². The van der Waals surface area contributed by atoms with E-state index in [-0.39, 0.29) is 12.4 Å². The molecular weight excluding hydrogens is 361 g/mol. The van der Waals surface area contributed by atoms with Gasteiger partial charge in [0.15, 0.2) is 0 Å². The van der Waals surface area contributed by atoms with Gasteiger partial charge in [-0.1, -0.05) is 66.7 Å². The Labute approximate surface area is 169 Å². The van der Waals surface area contributed by atoms with Crippen LogP contribution in [0.3, 0.4) is 0 Å². The molecule has 4 aromatic carbocycles. The second-order valence-corrected chi connectivity index (χ2v) is 6.68. The number of nitriles is 1. The highest BCUT2D eigenvalue weighted by molar-refractivity contribution is 5.94. The highest BCUT2D eigenvalue weighted by Gasteiger charge is 2.04. The van der Waals surface area contributed by atoms with Crippen molar-refractivity contribution < 1.29 is 9.13 Å². The Morgan fingerprint density at radius 3 is 2.34 bits per heavy atom. The summed E-state index contributed by atoms with van der Waals surface area (Å²) in [7, 11) is 0. The normalized spacial score (nSPS) is 11.2. The van der Waals surface area contributed by atoms with Crippen molar-refractivity contribution >= 4 is 22.4 Å². The van der Waals surface area contributed by atoms with Gasteiger partial charge in [-0.25, -0.2) is 4.39 Å². The number of ether oxygens (including phenoxy) is 1. The first-order valence-electron chi connectivity index (χ1n) is 9.30. The first kappa shape index (κ1) is 18.5. The number of rotatable bonds is 5. The number of halogens is 1. The van der Waals surface area contributed by atoms with Crippen LogP contribution in [0.1, 0.15) is 16.7 Å². The third kappa shape index (κ3) is 4.34. The molecule has 2 nitrogen and oxygen atoms in total. The van der Waals surface area contributed by atoms with Gasteiger partial charge in [-0.3, -0.25) is 0 Å². The van der Waals surface area contributed by atoms with Crippen molar-refractivity contribution in [2.75, 3.05) is 0 Å². The molecular formula is C26H18FNO. The molecule has 0 radical (unpaired) electrons. The van der Waals surface area contributed by atoms with Crippen LogP contribution in [0.5, 0.6) is 5.75 Å². The van der Waals surface area contributed by atoms with E-state index in [1.54, 1.807) is 18.2 Å². The fourth-order valence-corrected chi connectivity index (χ4v) is 3.14. The van der Waals surface area contributed by atoms with Crippen LogP contribution >= 0.6 is 0 Å². The first-order chi connectivity index (χ1) is 14.2. The van der Waals surface area contributed by atoms with E-state index in [0.29, 0.717) is 16.9 Å². The van der Waals surface area contributed by atoms with Gasteiger partial charge in [-0.2, -0.15) is 5.26 Å². The van der Waals surface area contributed by atoms with Crippen LogP contribution in [0, 0.1) is 17.1 Å². The van der Waals surface area contributed by atoms with Crippen LogP contribution in [0.4, 0.5) is 4.39 Å². The van der Waals surface area contributed by atoms with Crippen LogP contribution < -0.4 is 4.74 Å². The van der Waals surface area contributed by atoms with E-state index >= 15 is 0 Å². The molecule has 29 heavy (non-hydrogen) atoms. The number of allylic oxidation sites excluding steroid dienone is 1. The van der Waals surface area contributed by atoms with E-state index < -0.39 is 0 Å². The Morgan fingerprint density at radius 1 is 0.862 bits per heavy atom. The Kier molecular flexibility index (Phi) is 5.36. The Morgan fingerprint density at radius 2 is 1.59 bits per heavy atom. The average Bonchev–Trinajstić information content (AvgIpc) is 2.77. The van der Waals surface area contributed by atoms with Gasteiger partial charge in [-0.05, 0) is 52.2 Å². The van der Waals surface area contributed by atoms with Gasteiger partial charge in [0, 0.05) is 5.56 Å². The summed E-state index contributed by atoms with van der Waals surface area (Å²) < 4.78 is 19.3. The van der Waals surface area contributed by atoms with Gasteiger partial charge in [0.1, 0.15) is 18.2 Å². The molecule has 0 fully saturated rings. The summed E-state index contributed by atoms with van der Waals surface area (Å²) in [5.41, 5.74) is 2.88. The zero-order valence-electron chi connectivity index (χ0n) is 15.7. The third-order valence-electron chi connectivity index (χ3n) is 4.72. The van der Waals surface area contributed by atoms with Gasteiger partial charge in [0.25, 0.3) is 0 Å². The molecule has 4 aromatic rings. The predicted molar refractivity (Wildman–Crippen MR) is 115 cm³/mol. The van der Waals surface area contributed by atoms with Crippen molar-refractivity contribution in [1.82, 2.24) is 0 Å². The van der Waals surface area contributed by atoms with E-state index in [1.807, 2.05) is 66.7 Å². The van der Waals surface area contributed by atoms with Crippen LogP contribution in [0.15, 0.2) is 91.0 Å². The second-order valence-electron chi connectivity index (χ2n) is 6.68. The number of hydrogen-bond donors (Lipinski definition) is 0. The lowest BCUT2D eigenvalue weighted by atomic mass is 10.0. The van der Waals surface area contributed by atoms with E-state index in [2.05, 4.69) is 12.1 Å². The third-order valence-corrected chi connectivity index (χ3v) is 4.72. The van der Waals surface area contributed by atoms with E-state index in [1.165, 1.54) is 6.07 Å². The van der Waals surface area contributed by atoms with Crippen molar-refractivity contribution in [1.29, 1.82) is 5.26 Å². The SMILES string of the molecule is N#C/C(=C/c1ccc(OCc2ccccc2F)cc1)c1ccc2ccccc2c1. The summed E-state index contributed by atoms with van der Waals surface area (Å²) in [5, 5.41) is 11.9. The minimum Gasteiger partial charge on any atom is -0.489 e. The number of benzene rings is 4. The maximum Gasteiger partial charge on any atom is 0.129 e. The van der Waals surface area contributed by atoms with E-state index in [9.17, 15) is 9.65 Å². The molecule has 0 spiro atoms. The monoisotopic (exact) mass is 379 g/mol. The van der Waals surface area contributed by atoms with Crippen molar-refractivity contribution in [3.8, 4) is 11.8 Å². The second kappa shape index (κ2) is 8.41. The molecule has 0 saturated heterocycles. The van der Waals surface area contributed by atoms with Gasteiger partial charge in [-0.15, -0.1) is 0 Å². The molecule has 0 bridgehead atoms. The number of fused-ring (bicyclic) bond motifs is 1. The predicted octanol–water partition coefficient (Wildman–Crippen LogP) is 6.62. The smallest absolute Gasteiger partial charge is 0.129 e. The lowest BCUT2D eigenvalue weighted by molar-refractivity contribution is 0.300. The van der Waals surface area contributed by atoms with Gasteiger partial charge in [0.05, 0.1) is 11.6 Å². The molecule has 140 valence electrons. The molecule has 0 aliphatic rings. The summed E-state index contributed by atoms with van der Waals surface area (Å²) in [6.07, 6.45) is 1.85. The topological polar surface area (TPSA) is 33.0 Å². The quantitative estimate of drug-likeness (QED) is 0.288. The Bertz CT molecular complexity index is 1220.